The number of aromatic nitrogens is 1. The van der Waals surface area contributed by atoms with E-state index in [0.717, 1.165) is 9.50 Å². The lowest BCUT2D eigenvalue weighted by atomic mass is 10.2. The summed E-state index contributed by atoms with van der Waals surface area (Å²) >= 11 is 4.84. The highest BCUT2D eigenvalue weighted by molar-refractivity contribution is 9.10. The van der Waals surface area contributed by atoms with Crippen LogP contribution in [0.3, 0.4) is 0 Å². The fraction of sp³-hybridized carbons (Fsp3) is 0.455. The molecule has 1 aromatic rings. The normalized spacial score (nSPS) is 16.0. The monoisotopic (exact) mass is 316 g/mol. The molecule has 2 rings (SSSR count). The van der Waals surface area contributed by atoms with E-state index in [1.54, 1.807) is 6.20 Å². The van der Waals surface area contributed by atoms with Gasteiger partial charge in [-0.3, -0.25) is 4.79 Å². The third kappa shape index (κ3) is 3.00. The average Bonchev–Trinajstić information content (AvgIpc) is 2.39. The van der Waals surface area contributed by atoms with Crippen LogP contribution in [0.5, 0.6) is 0 Å². The minimum Gasteiger partial charge on any atom is -0.378 e. The molecule has 0 spiro atoms. The van der Waals surface area contributed by atoms with Crippen LogP contribution in [0.25, 0.3) is 0 Å². The zero-order chi connectivity index (χ0) is 12.3. The van der Waals surface area contributed by atoms with E-state index in [4.69, 9.17) is 4.74 Å². The summed E-state index contributed by atoms with van der Waals surface area (Å²) in [5.74, 6) is 0.0338. The average molecular weight is 317 g/mol. The van der Waals surface area contributed by atoms with Gasteiger partial charge in [-0.25, -0.2) is 4.98 Å². The number of ether oxygens (including phenoxy) is 1. The number of pyridine rings is 1. The van der Waals surface area contributed by atoms with Gasteiger partial charge < -0.3 is 9.64 Å². The van der Waals surface area contributed by atoms with Gasteiger partial charge in [0.1, 0.15) is 5.03 Å². The number of carbonyl (C=O) groups excluding carboxylic acids is 1. The molecule has 1 saturated heterocycles. The summed E-state index contributed by atoms with van der Waals surface area (Å²) in [7, 11) is 0. The van der Waals surface area contributed by atoms with Gasteiger partial charge in [0.05, 0.1) is 18.8 Å². The van der Waals surface area contributed by atoms with E-state index >= 15 is 0 Å². The highest BCUT2D eigenvalue weighted by Crippen LogP contribution is 2.23. The Labute approximate surface area is 113 Å². The molecule has 1 aliphatic heterocycles. The summed E-state index contributed by atoms with van der Waals surface area (Å²) in [5.41, 5.74) is 0.661. The Bertz CT molecular complexity index is 422. The van der Waals surface area contributed by atoms with E-state index in [-0.39, 0.29) is 5.91 Å². The van der Waals surface area contributed by atoms with Crippen molar-refractivity contribution in [1.82, 2.24) is 9.88 Å². The molecule has 92 valence electrons. The van der Waals surface area contributed by atoms with Crippen molar-refractivity contribution in [3.8, 4) is 0 Å². The van der Waals surface area contributed by atoms with Crippen LogP contribution in [-0.4, -0.2) is 48.4 Å². The molecule has 0 radical (unpaired) electrons. The Morgan fingerprint density at radius 3 is 2.88 bits per heavy atom. The van der Waals surface area contributed by atoms with E-state index in [9.17, 15) is 4.79 Å². The Morgan fingerprint density at radius 1 is 1.53 bits per heavy atom. The first-order valence-corrected chi connectivity index (χ1v) is 7.30. The van der Waals surface area contributed by atoms with Crippen molar-refractivity contribution in [2.75, 3.05) is 32.6 Å². The lowest BCUT2D eigenvalue weighted by Crippen LogP contribution is -2.40. The van der Waals surface area contributed by atoms with Gasteiger partial charge in [-0.2, -0.15) is 0 Å². The maximum absolute atomic E-state index is 12.3. The molecule has 0 bridgehead atoms. The topological polar surface area (TPSA) is 42.4 Å². The molecule has 0 aliphatic carbocycles. The van der Waals surface area contributed by atoms with Crippen LogP contribution in [0.1, 0.15) is 10.4 Å². The SMILES string of the molecule is CSc1ncc(Br)cc1C(=O)N1CCOCC1. The van der Waals surface area contributed by atoms with Crippen LogP contribution >= 0.6 is 27.7 Å². The number of hydrogen-bond donors (Lipinski definition) is 0. The zero-order valence-corrected chi connectivity index (χ0v) is 11.9. The molecular formula is C11H13BrN2O2S. The Hall–Kier alpha value is -0.590. The van der Waals surface area contributed by atoms with Crippen molar-refractivity contribution < 1.29 is 9.53 Å². The molecule has 6 heteroatoms. The predicted octanol–water partition coefficient (Wildman–Crippen LogP) is 2.04. The molecule has 4 nitrogen and oxygen atoms in total. The summed E-state index contributed by atoms with van der Waals surface area (Å²) in [6, 6.07) is 1.83. The van der Waals surface area contributed by atoms with Crippen molar-refractivity contribution in [2.24, 2.45) is 0 Å². The number of amides is 1. The van der Waals surface area contributed by atoms with Gasteiger partial charge >= 0.3 is 0 Å². The van der Waals surface area contributed by atoms with E-state index in [2.05, 4.69) is 20.9 Å². The molecule has 1 aliphatic rings. The van der Waals surface area contributed by atoms with Gasteiger partial charge in [-0.15, -0.1) is 11.8 Å². The number of rotatable bonds is 2. The number of hydrogen-bond acceptors (Lipinski definition) is 4. The van der Waals surface area contributed by atoms with Gasteiger partial charge in [-0.05, 0) is 28.3 Å². The van der Waals surface area contributed by atoms with E-state index in [0.29, 0.717) is 31.9 Å². The molecule has 0 atom stereocenters. The summed E-state index contributed by atoms with van der Waals surface area (Å²) in [6.45, 7) is 2.53. The summed E-state index contributed by atoms with van der Waals surface area (Å²) in [5, 5.41) is 0.768. The van der Waals surface area contributed by atoms with Gasteiger partial charge in [0.25, 0.3) is 5.91 Å². The second kappa shape index (κ2) is 5.84. The minimum atomic E-state index is 0.0338. The second-order valence-electron chi connectivity index (χ2n) is 3.61. The van der Waals surface area contributed by atoms with Crippen molar-refractivity contribution in [3.63, 3.8) is 0 Å². The van der Waals surface area contributed by atoms with Crippen molar-refractivity contribution in [2.45, 2.75) is 5.03 Å². The van der Waals surface area contributed by atoms with Crippen molar-refractivity contribution in [1.29, 1.82) is 0 Å². The van der Waals surface area contributed by atoms with Crippen LogP contribution in [0.2, 0.25) is 0 Å². The standard InChI is InChI=1S/C11H13BrN2O2S/c1-17-10-9(6-8(12)7-13-10)11(15)14-2-4-16-5-3-14/h6-7H,2-5H2,1H3. The van der Waals surface area contributed by atoms with E-state index in [1.807, 2.05) is 17.2 Å². The van der Waals surface area contributed by atoms with Crippen molar-refractivity contribution in [3.05, 3.63) is 22.3 Å². The molecule has 2 heterocycles. The smallest absolute Gasteiger partial charge is 0.256 e. The van der Waals surface area contributed by atoms with Gasteiger partial charge in [0, 0.05) is 23.8 Å². The summed E-state index contributed by atoms with van der Waals surface area (Å²) in [6.07, 6.45) is 3.63. The van der Waals surface area contributed by atoms with Gasteiger partial charge in [-0.1, -0.05) is 0 Å². The molecule has 0 N–H and O–H groups in total. The van der Waals surface area contributed by atoms with Crippen molar-refractivity contribution >= 4 is 33.6 Å². The number of morpholine rings is 1. The highest BCUT2D eigenvalue weighted by atomic mass is 79.9. The summed E-state index contributed by atoms with van der Waals surface area (Å²) in [4.78, 5) is 18.4. The largest absolute Gasteiger partial charge is 0.378 e. The molecular weight excluding hydrogens is 304 g/mol. The van der Waals surface area contributed by atoms with E-state index < -0.39 is 0 Å². The van der Waals surface area contributed by atoms with Crippen LogP contribution in [-0.2, 0) is 4.74 Å². The molecule has 1 fully saturated rings. The second-order valence-corrected chi connectivity index (χ2v) is 5.33. The number of nitrogens with zero attached hydrogens (tertiary/aromatic N) is 2. The Kier molecular flexibility index (Phi) is 4.42. The van der Waals surface area contributed by atoms with Crippen LogP contribution in [0.4, 0.5) is 0 Å². The predicted molar refractivity (Wildman–Crippen MR) is 70.4 cm³/mol. The number of thioether (sulfide) groups is 1. The van der Waals surface area contributed by atoms with E-state index in [1.165, 1.54) is 11.8 Å². The lowest BCUT2D eigenvalue weighted by Gasteiger charge is -2.27. The third-order valence-corrected chi connectivity index (χ3v) is 3.69. The first-order chi connectivity index (χ1) is 8.22. The zero-order valence-electron chi connectivity index (χ0n) is 9.48. The molecule has 1 aromatic heterocycles. The molecule has 17 heavy (non-hydrogen) atoms. The first-order valence-electron chi connectivity index (χ1n) is 5.29. The van der Waals surface area contributed by atoms with Crippen LogP contribution in [0, 0.1) is 0 Å². The van der Waals surface area contributed by atoms with Gasteiger partial charge in [0.2, 0.25) is 0 Å². The maximum Gasteiger partial charge on any atom is 0.256 e. The first kappa shape index (κ1) is 12.9. The molecule has 1 amide bonds. The molecule has 0 aromatic carbocycles. The lowest BCUT2D eigenvalue weighted by molar-refractivity contribution is 0.0300. The molecule has 0 unspecified atom stereocenters. The van der Waals surface area contributed by atoms with Crippen LogP contribution < -0.4 is 0 Å². The maximum atomic E-state index is 12.3. The fourth-order valence-corrected chi connectivity index (χ4v) is 2.53. The Morgan fingerprint density at radius 2 is 2.24 bits per heavy atom. The number of halogens is 1. The third-order valence-electron chi connectivity index (χ3n) is 2.54. The summed E-state index contributed by atoms with van der Waals surface area (Å²) < 4.78 is 6.07. The quantitative estimate of drug-likeness (QED) is 0.783. The minimum absolute atomic E-state index is 0.0338. The van der Waals surface area contributed by atoms with Crippen LogP contribution in [0.15, 0.2) is 21.8 Å². The number of carbonyl (C=O) groups is 1. The molecule has 0 saturated carbocycles. The fourth-order valence-electron chi connectivity index (χ4n) is 1.68. The van der Waals surface area contributed by atoms with Gasteiger partial charge in [0.15, 0.2) is 0 Å². The highest BCUT2D eigenvalue weighted by Gasteiger charge is 2.21. The Balaban J connectivity index is 2.25.